The van der Waals surface area contributed by atoms with E-state index in [-0.39, 0.29) is 24.4 Å². The van der Waals surface area contributed by atoms with E-state index in [1.807, 2.05) is 6.92 Å². The molecule has 20 heavy (non-hydrogen) atoms. The van der Waals surface area contributed by atoms with Gasteiger partial charge in [0.15, 0.2) is 0 Å². The quantitative estimate of drug-likeness (QED) is 0.822. The van der Waals surface area contributed by atoms with Crippen molar-refractivity contribution in [2.75, 3.05) is 13.2 Å². The van der Waals surface area contributed by atoms with Gasteiger partial charge in [-0.2, -0.15) is 0 Å². The van der Waals surface area contributed by atoms with E-state index in [0.29, 0.717) is 18.7 Å². The van der Waals surface area contributed by atoms with Crippen LogP contribution in [0.25, 0.3) is 0 Å². The average molecular weight is 299 g/mol. The first-order valence-corrected chi connectivity index (χ1v) is 8.43. The van der Waals surface area contributed by atoms with Crippen molar-refractivity contribution in [1.29, 1.82) is 0 Å². The number of ether oxygens (including phenoxy) is 1. The van der Waals surface area contributed by atoms with Crippen LogP contribution in [-0.4, -0.2) is 32.8 Å². The molecular formula is C14H21NO4S. The first-order chi connectivity index (χ1) is 9.50. The van der Waals surface area contributed by atoms with Gasteiger partial charge in [0.1, 0.15) is 0 Å². The predicted octanol–water partition coefficient (Wildman–Crippen LogP) is 1.02. The Kier molecular flexibility index (Phi) is 5.15. The Balaban J connectivity index is 1.89. The predicted molar refractivity (Wildman–Crippen MR) is 76.5 cm³/mol. The molecule has 0 bridgehead atoms. The Hall–Kier alpha value is -0.950. The summed E-state index contributed by atoms with van der Waals surface area (Å²) in [4.78, 5) is 0. The lowest BCUT2D eigenvalue weighted by Gasteiger charge is -2.15. The molecule has 2 atom stereocenters. The van der Waals surface area contributed by atoms with Gasteiger partial charge in [0.2, 0.25) is 10.0 Å². The van der Waals surface area contributed by atoms with Crippen LogP contribution in [-0.2, 0) is 27.1 Å². The summed E-state index contributed by atoms with van der Waals surface area (Å²) in [6.45, 7) is 3.07. The minimum atomic E-state index is -3.33. The molecule has 0 spiro atoms. The molecule has 2 N–H and O–H groups in total. The molecule has 2 unspecified atom stereocenters. The maximum atomic E-state index is 12.0. The summed E-state index contributed by atoms with van der Waals surface area (Å²) in [6, 6.07) is 6.92. The number of hydrogen-bond donors (Lipinski definition) is 2. The number of rotatable bonds is 6. The van der Waals surface area contributed by atoms with E-state index in [1.165, 1.54) is 0 Å². The van der Waals surface area contributed by atoms with Gasteiger partial charge < -0.3 is 9.84 Å². The van der Waals surface area contributed by atoms with E-state index in [4.69, 9.17) is 9.84 Å². The Morgan fingerprint density at radius 2 is 1.95 bits per heavy atom. The Labute approximate surface area is 120 Å². The van der Waals surface area contributed by atoms with Gasteiger partial charge in [-0.15, -0.1) is 0 Å². The summed E-state index contributed by atoms with van der Waals surface area (Å²) in [6.07, 6.45) is 1.01. The third-order valence-corrected chi connectivity index (χ3v) is 4.98. The van der Waals surface area contributed by atoms with Crippen molar-refractivity contribution in [1.82, 2.24) is 4.72 Å². The van der Waals surface area contributed by atoms with Crippen molar-refractivity contribution in [2.24, 2.45) is 5.92 Å². The van der Waals surface area contributed by atoms with Crippen LogP contribution >= 0.6 is 0 Å². The summed E-state index contributed by atoms with van der Waals surface area (Å²) >= 11 is 0. The van der Waals surface area contributed by atoms with Crippen molar-refractivity contribution in [3.05, 3.63) is 35.4 Å². The lowest BCUT2D eigenvalue weighted by molar-refractivity contribution is 0.107. The molecule has 1 heterocycles. The molecule has 112 valence electrons. The standard InChI is InChI=1S/C14H21NO4S/c1-11-14(6-7-19-11)8-15-20(17,18)10-13-4-2-12(9-16)3-5-13/h2-5,11,14-16H,6-10H2,1H3. The molecule has 1 aromatic rings. The summed E-state index contributed by atoms with van der Waals surface area (Å²) in [5.74, 6) is 0.210. The SMILES string of the molecule is CC1OCCC1CNS(=O)(=O)Cc1ccc(CO)cc1. The number of aliphatic hydroxyl groups excluding tert-OH is 1. The molecule has 0 saturated carbocycles. The van der Waals surface area contributed by atoms with Crippen LogP contribution in [0.1, 0.15) is 24.5 Å². The second kappa shape index (κ2) is 6.67. The maximum Gasteiger partial charge on any atom is 0.215 e. The fraction of sp³-hybridized carbons (Fsp3) is 0.571. The van der Waals surface area contributed by atoms with Gasteiger partial charge in [-0.3, -0.25) is 0 Å². The number of nitrogens with one attached hydrogen (secondary N) is 1. The van der Waals surface area contributed by atoms with E-state index >= 15 is 0 Å². The van der Waals surface area contributed by atoms with E-state index in [1.54, 1.807) is 24.3 Å². The van der Waals surface area contributed by atoms with Crippen molar-refractivity contribution < 1.29 is 18.3 Å². The monoisotopic (exact) mass is 299 g/mol. The molecule has 0 aromatic heterocycles. The molecular weight excluding hydrogens is 278 g/mol. The summed E-state index contributed by atoms with van der Waals surface area (Å²) in [5, 5.41) is 8.95. The third-order valence-electron chi connectivity index (χ3n) is 3.66. The number of aliphatic hydroxyl groups is 1. The molecule has 5 nitrogen and oxygen atoms in total. The van der Waals surface area contributed by atoms with Crippen molar-refractivity contribution in [3.8, 4) is 0 Å². The maximum absolute atomic E-state index is 12.0. The molecule has 1 saturated heterocycles. The topological polar surface area (TPSA) is 75.6 Å². The summed E-state index contributed by atoms with van der Waals surface area (Å²) in [7, 11) is -3.33. The van der Waals surface area contributed by atoms with Crippen LogP contribution in [0, 0.1) is 5.92 Å². The largest absolute Gasteiger partial charge is 0.392 e. The minimum absolute atomic E-state index is 0.0369. The van der Waals surface area contributed by atoms with Gasteiger partial charge in [-0.25, -0.2) is 13.1 Å². The van der Waals surface area contributed by atoms with Crippen LogP contribution in [0.15, 0.2) is 24.3 Å². The Morgan fingerprint density at radius 3 is 2.50 bits per heavy atom. The van der Waals surface area contributed by atoms with Crippen molar-refractivity contribution in [2.45, 2.75) is 31.8 Å². The van der Waals surface area contributed by atoms with E-state index in [0.717, 1.165) is 12.0 Å². The van der Waals surface area contributed by atoms with Crippen LogP contribution < -0.4 is 4.72 Å². The van der Waals surface area contributed by atoms with Gasteiger partial charge in [0.05, 0.1) is 18.5 Å². The first-order valence-electron chi connectivity index (χ1n) is 6.78. The fourth-order valence-electron chi connectivity index (χ4n) is 2.29. The second-order valence-corrected chi connectivity index (χ2v) is 7.01. The minimum Gasteiger partial charge on any atom is -0.392 e. The van der Waals surface area contributed by atoms with Gasteiger partial charge in [-0.1, -0.05) is 24.3 Å². The van der Waals surface area contributed by atoms with E-state index < -0.39 is 10.0 Å². The molecule has 6 heteroatoms. The van der Waals surface area contributed by atoms with E-state index in [9.17, 15) is 8.42 Å². The lowest BCUT2D eigenvalue weighted by Crippen LogP contribution is -2.32. The molecule has 2 rings (SSSR count). The van der Waals surface area contributed by atoms with Crippen molar-refractivity contribution in [3.63, 3.8) is 0 Å². The smallest absolute Gasteiger partial charge is 0.215 e. The Bertz CT molecular complexity index is 527. The highest BCUT2D eigenvalue weighted by atomic mass is 32.2. The molecule has 0 aliphatic carbocycles. The molecule has 1 fully saturated rings. The lowest BCUT2D eigenvalue weighted by atomic mass is 10.0. The highest BCUT2D eigenvalue weighted by Gasteiger charge is 2.25. The zero-order valence-electron chi connectivity index (χ0n) is 11.6. The highest BCUT2D eigenvalue weighted by Crippen LogP contribution is 2.19. The first kappa shape index (κ1) is 15.4. The summed E-state index contributed by atoms with van der Waals surface area (Å²) < 4.78 is 32.1. The fourth-order valence-corrected chi connectivity index (χ4v) is 3.49. The second-order valence-electron chi connectivity index (χ2n) is 5.21. The van der Waals surface area contributed by atoms with Gasteiger partial charge in [-0.05, 0) is 24.5 Å². The van der Waals surface area contributed by atoms with Gasteiger partial charge in [0.25, 0.3) is 0 Å². The van der Waals surface area contributed by atoms with E-state index in [2.05, 4.69) is 4.72 Å². The van der Waals surface area contributed by atoms with Crippen LogP contribution in [0.3, 0.4) is 0 Å². The molecule has 1 aliphatic heterocycles. The average Bonchev–Trinajstić information content (AvgIpc) is 2.83. The number of sulfonamides is 1. The number of benzene rings is 1. The zero-order valence-corrected chi connectivity index (χ0v) is 12.4. The van der Waals surface area contributed by atoms with Gasteiger partial charge in [0, 0.05) is 19.1 Å². The normalized spacial score (nSPS) is 23.1. The molecule has 1 aliphatic rings. The molecule has 0 radical (unpaired) electrons. The molecule has 0 amide bonds. The van der Waals surface area contributed by atoms with Gasteiger partial charge >= 0.3 is 0 Å². The van der Waals surface area contributed by atoms with Crippen LogP contribution in [0.4, 0.5) is 0 Å². The summed E-state index contributed by atoms with van der Waals surface area (Å²) in [5.41, 5.74) is 1.49. The molecule has 1 aromatic carbocycles. The van der Waals surface area contributed by atoms with Crippen molar-refractivity contribution >= 4 is 10.0 Å². The zero-order chi connectivity index (χ0) is 14.6. The van der Waals surface area contributed by atoms with Crippen LogP contribution in [0.5, 0.6) is 0 Å². The number of hydrogen-bond acceptors (Lipinski definition) is 4. The Morgan fingerprint density at radius 1 is 1.30 bits per heavy atom. The third kappa shape index (κ3) is 4.28. The highest BCUT2D eigenvalue weighted by molar-refractivity contribution is 7.88. The van der Waals surface area contributed by atoms with Crippen LogP contribution in [0.2, 0.25) is 0 Å².